The van der Waals surface area contributed by atoms with Crippen molar-refractivity contribution in [1.82, 2.24) is 0 Å². The van der Waals surface area contributed by atoms with E-state index in [9.17, 15) is 35.7 Å². The number of fused-ring (bicyclic) bond motifs is 7. The summed E-state index contributed by atoms with van der Waals surface area (Å²) in [4.78, 5) is 0. The lowest BCUT2D eigenvalue weighted by atomic mass is 9.95. The molecule has 84 heavy (non-hydrogen) atoms. The van der Waals surface area contributed by atoms with E-state index in [0.717, 1.165) is 0 Å². The van der Waals surface area contributed by atoms with Crippen molar-refractivity contribution in [3.63, 3.8) is 0 Å². The fourth-order valence-corrected chi connectivity index (χ4v) is 16.9. The second-order valence-electron chi connectivity index (χ2n) is 20.9. The fraction of sp³-hybridized carbons (Fsp3) is 1.00. The molecule has 0 unspecified atom stereocenters. The van der Waals surface area contributed by atoms with Crippen LogP contribution in [0.5, 0.6) is 0 Å². The van der Waals surface area contributed by atoms with Gasteiger partial charge in [-0.3, -0.25) is 0 Å². The minimum absolute atomic E-state index is 0.246. The lowest BCUT2D eigenvalue weighted by Crippen LogP contribution is -2.68. The Morgan fingerprint density at radius 1 is 0.214 bits per heavy atom. The van der Waals surface area contributed by atoms with Gasteiger partial charge in [-0.1, -0.05) is 158 Å². The Balaban J connectivity index is 1.13. The number of hydrogen-bond donors (Lipinski definition) is 7. The Morgan fingerprint density at radius 3 is 0.405 bits per heavy atom. The highest BCUT2D eigenvalue weighted by Gasteiger charge is 2.60. The predicted octanol–water partition coefficient (Wildman–Crippen LogP) is -0.553. The Bertz CT molecular complexity index is 1610. The highest BCUT2D eigenvalue weighted by atomic mass is 127. The molecule has 0 aromatic heterocycles. The number of methoxy groups -OCH3 is 7. The van der Waals surface area contributed by atoms with Crippen molar-refractivity contribution in [3.8, 4) is 0 Å². The number of rotatable bonds is 14. The topological polar surface area (TPSA) is 335 Å². The highest BCUT2D eigenvalue weighted by molar-refractivity contribution is 14.1. The lowest BCUT2D eigenvalue weighted by molar-refractivity contribution is -0.391. The van der Waals surface area contributed by atoms with Gasteiger partial charge in [0.15, 0.2) is 44.0 Å². The van der Waals surface area contributed by atoms with Crippen LogP contribution in [0, 0.1) is 0 Å². The molecule has 14 bridgehead atoms. The molecule has 0 amide bonds. The highest BCUT2D eigenvalue weighted by Crippen LogP contribution is 2.42. The summed E-state index contributed by atoms with van der Waals surface area (Å²) in [5, 5.41) is 85.4. The van der Waals surface area contributed by atoms with Crippen LogP contribution in [0.1, 0.15) is 0 Å². The second kappa shape index (κ2) is 34.3. The second-order valence-corrected chi connectivity index (χ2v) is 27.1. The van der Waals surface area contributed by atoms with E-state index in [2.05, 4.69) is 158 Å². The molecule has 35 atom stereocenters. The Labute approximate surface area is 582 Å². The first-order valence-electron chi connectivity index (χ1n) is 27.0. The molecule has 28 nitrogen and oxygen atoms in total. The third-order valence-corrected chi connectivity index (χ3v) is 22.4. The zero-order valence-corrected chi connectivity index (χ0v) is 61.6. The summed E-state index contributed by atoms with van der Waals surface area (Å²) in [7, 11) is 9.51. The largest absolute Gasteiger partial charge is 0.387 e. The standard InChI is InChI=1S/C49H77I7O28/c1-64-36-22(57)29-15(8-50)71-43(36)78-30-16(9-51)72-45(37(65-2)23(30)58)80-32-18(11-53)74-47(39(67-4)25(32)60)82-34-20(13-55)76-49(41(69-6)27(34)62)84-35-21(14-56)77-48(42(70-7)28(35)63)83-33-19(12-54)75-46(40(68-5)26(33)61)81-31-17(10-52)73-44(79-29)38(66-3)24(31)59/h15-49,57-63H,8-14H2,1-7H3/t15-,16-,17-,18-,19-,20-,21-,22-,23-,24-,25+,26+,27+,28+,29-,30-,31-,32-,33-,34-,35-,36+,37+,38+,39-,40-,41-,42-,43-,44-,45-,46-,47-,48-,49-/m1/s1. The number of aliphatic hydroxyl groups is 7. The Hall–Kier alpha value is 3.99. The first kappa shape index (κ1) is 73.8. The van der Waals surface area contributed by atoms with Gasteiger partial charge in [0.05, 0.1) is 42.7 Å². The maximum Gasteiger partial charge on any atom is 0.187 e. The summed E-state index contributed by atoms with van der Waals surface area (Å²) in [5.74, 6) is 0. The van der Waals surface area contributed by atoms with E-state index in [0.29, 0.717) is 0 Å². The number of ether oxygens (including phenoxy) is 21. The maximum absolute atomic E-state index is 12.2. The number of halogens is 7. The van der Waals surface area contributed by atoms with Gasteiger partial charge < -0.3 is 135 Å². The van der Waals surface area contributed by atoms with Crippen LogP contribution < -0.4 is 0 Å². The van der Waals surface area contributed by atoms with Crippen LogP contribution in [-0.2, 0) is 99.5 Å². The van der Waals surface area contributed by atoms with E-state index >= 15 is 0 Å². The quantitative estimate of drug-likeness (QED) is 0.0847. The first-order valence-corrected chi connectivity index (χ1v) is 37.7. The number of hydrogen-bond acceptors (Lipinski definition) is 28. The van der Waals surface area contributed by atoms with Crippen LogP contribution in [0.15, 0.2) is 0 Å². The third kappa shape index (κ3) is 15.5. The zero-order valence-electron chi connectivity index (χ0n) is 46.5. The van der Waals surface area contributed by atoms with Crippen molar-refractivity contribution in [2.75, 3.05) is 80.8 Å². The monoisotopic (exact) mass is 2000 g/mol. The van der Waals surface area contributed by atoms with Crippen LogP contribution in [0.25, 0.3) is 0 Å². The van der Waals surface area contributed by atoms with Gasteiger partial charge in [0.25, 0.3) is 0 Å². The molecule has 35 heteroatoms. The van der Waals surface area contributed by atoms with Crippen molar-refractivity contribution in [2.45, 2.75) is 215 Å². The van der Waals surface area contributed by atoms with Crippen molar-refractivity contribution in [2.24, 2.45) is 0 Å². The van der Waals surface area contributed by atoms with Gasteiger partial charge in [-0.2, -0.15) is 0 Å². The van der Waals surface area contributed by atoms with E-state index in [-0.39, 0.29) is 31.0 Å². The molecule has 490 valence electrons. The summed E-state index contributed by atoms with van der Waals surface area (Å²) >= 11 is 14.6. The average molecular weight is 2000 g/mol. The summed E-state index contributed by atoms with van der Waals surface area (Å²) in [6, 6.07) is 0. The molecule has 7 N–H and O–H groups in total. The summed E-state index contributed by atoms with van der Waals surface area (Å²) in [6.07, 6.45) is -42.4. The predicted molar refractivity (Wildman–Crippen MR) is 345 cm³/mol. The smallest absolute Gasteiger partial charge is 0.187 e. The van der Waals surface area contributed by atoms with Gasteiger partial charge in [0, 0.05) is 80.8 Å². The molecule has 15 saturated heterocycles. The summed E-state index contributed by atoms with van der Waals surface area (Å²) in [5.41, 5.74) is 0. The third-order valence-electron chi connectivity index (χ3n) is 16.3. The molecule has 0 spiro atoms. The maximum atomic E-state index is 12.2. The van der Waals surface area contributed by atoms with Crippen molar-refractivity contribution in [1.29, 1.82) is 0 Å². The van der Waals surface area contributed by atoms with Gasteiger partial charge in [-0.05, 0) is 0 Å². The molecule has 15 heterocycles. The minimum atomic E-state index is -1.46. The van der Waals surface area contributed by atoms with Crippen LogP contribution in [0.2, 0.25) is 0 Å². The summed E-state index contributed by atoms with van der Waals surface area (Å²) in [6.45, 7) is 0. The van der Waals surface area contributed by atoms with Gasteiger partial charge in [0.1, 0.15) is 128 Å². The van der Waals surface area contributed by atoms with E-state index in [1.165, 1.54) is 49.8 Å². The zero-order chi connectivity index (χ0) is 61.0. The number of aliphatic hydroxyl groups excluding tert-OH is 7. The molecule has 0 radical (unpaired) electrons. The molecule has 15 aliphatic rings. The molecular formula is C49H77I7O28. The van der Waals surface area contributed by atoms with Gasteiger partial charge >= 0.3 is 0 Å². The van der Waals surface area contributed by atoms with Crippen LogP contribution in [0.3, 0.4) is 0 Å². The van der Waals surface area contributed by atoms with E-state index in [1.54, 1.807) is 0 Å². The van der Waals surface area contributed by atoms with Crippen molar-refractivity contribution in [3.05, 3.63) is 0 Å². The van der Waals surface area contributed by atoms with E-state index in [1.807, 2.05) is 0 Å². The summed E-state index contributed by atoms with van der Waals surface area (Å²) < 4.78 is 134. The normalized spacial score (nSPS) is 51.8. The molecule has 15 rings (SSSR count). The molecule has 0 aromatic rings. The Kier molecular flexibility index (Phi) is 30.1. The molecule has 0 saturated carbocycles. The lowest BCUT2D eigenvalue weighted by Gasteiger charge is -2.51. The molecular weight excluding hydrogens is 1920 g/mol. The van der Waals surface area contributed by atoms with Gasteiger partial charge in [-0.15, -0.1) is 0 Å². The van der Waals surface area contributed by atoms with Crippen LogP contribution in [0.4, 0.5) is 0 Å². The number of alkyl halides is 7. The molecule has 15 aliphatic heterocycles. The fourth-order valence-electron chi connectivity index (χ4n) is 11.9. The first-order chi connectivity index (χ1) is 40.4. The minimum Gasteiger partial charge on any atom is -0.387 e. The molecule has 15 fully saturated rings. The van der Waals surface area contributed by atoms with Gasteiger partial charge in [-0.25, -0.2) is 0 Å². The van der Waals surface area contributed by atoms with E-state index < -0.39 is 215 Å². The van der Waals surface area contributed by atoms with Crippen LogP contribution >= 0.6 is 158 Å². The van der Waals surface area contributed by atoms with Gasteiger partial charge in [0.2, 0.25) is 0 Å². The van der Waals surface area contributed by atoms with Crippen molar-refractivity contribution >= 4 is 158 Å². The Morgan fingerprint density at radius 2 is 0.321 bits per heavy atom. The molecule has 0 aliphatic carbocycles. The SMILES string of the molecule is CO[C@@H]1[C@H]2O[C@H]3[C@H](O)[C@@H](OC)[C@@H](O[C@H]4[C@H](O)[C@@H](OC)[C@@H](O[C@H]5[C@H](O)[C@@H](OC)[C@@H](O[C@H]6[C@H](O)[C@@H](OC)[C@@H](O[C@H]7[C@@H](O)[C@H](OC)[C@@H](O[C@H]8[C@@H](O)[C@H](OC)[C@@H](O[C@@H]([C@H]1O)[C@@H](CI)O2)O[C@@H]8CI)O[C@@H]7CI)O[C@@H]6CI)O[C@@H]5CI)O[C@@H]4CI)O[C@@H]3CI. The average Bonchev–Trinajstić information content (AvgIpc) is 2.12. The van der Waals surface area contributed by atoms with E-state index in [4.69, 9.17) is 99.5 Å². The van der Waals surface area contributed by atoms with Crippen molar-refractivity contribution < 1.29 is 135 Å². The molecule has 0 aromatic carbocycles. The van der Waals surface area contributed by atoms with Crippen LogP contribution in [-0.4, -0.2) is 331 Å².